The maximum Gasteiger partial charge on any atom is 0.246 e. The number of carbonyl (C=O) groups excluding carboxylic acids is 3. The fourth-order valence-electron chi connectivity index (χ4n) is 6.67. The zero-order valence-corrected chi connectivity index (χ0v) is 29.0. The van der Waals surface area contributed by atoms with Gasteiger partial charge in [-0.1, -0.05) is 78.4 Å². The van der Waals surface area contributed by atoms with Crippen LogP contribution in [0.15, 0.2) is 84.4 Å². The Labute approximate surface area is 281 Å². The van der Waals surface area contributed by atoms with Crippen molar-refractivity contribution < 1.29 is 14.4 Å². The van der Waals surface area contributed by atoms with E-state index in [-0.39, 0.29) is 17.7 Å². The molecule has 3 N–H and O–H groups in total. The normalized spacial score (nSPS) is 16.9. The van der Waals surface area contributed by atoms with E-state index in [2.05, 4.69) is 29.4 Å². The SMILES string of the molecule is C/C(=C\C(=O)N(C)C(Cc1ccc2ccccc2c1)C(=O)N(C)C(Cc1ccccc1)C(=O)NCCC1CCCN1C)CC(C)(C)N. The molecule has 0 aromatic heterocycles. The first-order chi connectivity index (χ1) is 22.3. The van der Waals surface area contributed by atoms with E-state index in [4.69, 9.17) is 5.73 Å². The maximum absolute atomic E-state index is 14.5. The number of nitrogens with two attached hydrogens (primary N) is 1. The van der Waals surface area contributed by atoms with Crippen molar-refractivity contribution >= 4 is 28.5 Å². The van der Waals surface area contributed by atoms with Gasteiger partial charge in [0.25, 0.3) is 0 Å². The van der Waals surface area contributed by atoms with E-state index in [1.165, 1.54) is 11.3 Å². The number of fused-ring (bicyclic) bond motifs is 1. The lowest BCUT2D eigenvalue weighted by atomic mass is 9.96. The number of nitrogens with zero attached hydrogens (tertiary/aromatic N) is 3. The van der Waals surface area contributed by atoms with Gasteiger partial charge in [-0.25, -0.2) is 0 Å². The van der Waals surface area contributed by atoms with E-state index < -0.39 is 17.6 Å². The molecule has 47 heavy (non-hydrogen) atoms. The van der Waals surface area contributed by atoms with Crippen molar-refractivity contribution in [2.24, 2.45) is 5.73 Å². The summed E-state index contributed by atoms with van der Waals surface area (Å²) in [5, 5.41) is 5.30. The Balaban J connectivity index is 1.61. The molecule has 8 nitrogen and oxygen atoms in total. The van der Waals surface area contributed by atoms with Crippen LogP contribution in [0, 0.1) is 0 Å². The Bertz CT molecular complexity index is 1550. The minimum absolute atomic E-state index is 0.190. The monoisotopic (exact) mass is 639 g/mol. The third kappa shape index (κ3) is 10.2. The van der Waals surface area contributed by atoms with E-state index >= 15 is 0 Å². The number of benzene rings is 3. The van der Waals surface area contributed by atoms with Crippen LogP contribution in [0.5, 0.6) is 0 Å². The molecule has 1 saturated heterocycles. The first kappa shape index (κ1) is 35.8. The van der Waals surface area contributed by atoms with Crippen molar-refractivity contribution in [3.8, 4) is 0 Å². The minimum atomic E-state index is -0.832. The molecule has 3 aromatic rings. The number of likely N-dealkylation sites (N-methyl/N-ethyl adjacent to an activating group) is 2. The molecule has 8 heteroatoms. The first-order valence-electron chi connectivity index (χ1n) is 16.8. The summed E-state index contributed by atoms with van der Waals surface area (Å²) in [6.45, 7) is 7.35. The fraction of sp³-hybridized carbons (Fsp3) is 0.462. The number of rotatable bonds is 14. The summed E-state index contributed by atoms with van der Waals surface area (Å²) in [4.78, 5) is 47.4. The molecule has 3 aromatic carbocycles. The molecule has 0 aliphatic carbocycles. The van der Waals surface area contributed by atoms with Crippen LogP contribution in [-0.4, -0.2) is 90.3 Å². The summed E-state index contributed by atoms with van der Waals surface area (Å²) < 4.78 is 0. The van der Waals surface area contributed by atoms with Gasteiger partial charge in [-0.05, 0) is 81.9 Å². The van der Waals surface area contributed by atoms with Gasteiger partial charge in [0.1, 0.15) is 12.1 Å². The predicted octanol–water partition coefficient (Wildman–Crippen LogP) is 4.95. The molecule has 3 atom stereocenters. The maximum atomic E-state index is 14.5. The molecule has 1 aliphatic rings. The van der Waals surface area contributed by atoms with Gasteiger partial charge in [0.05, 0.1) is 0 Å². The van der Waals surface area contributed by atoms with E-state index in [0.717, 1.165) is 46.9 Å². The predicted molar refractivity (Wildman–Crippen MR) is 191 cm³/mol. The van der Waals surface area contributed by atoms with Crippen molar-refractivity contribution in [2.75, 3.05) is 34.2 Å². The second-order valence-electron chi connectivity index (χ2n) is 14.0. The summed E-state index contributed by atoms with van der Waals surface area (Å²) in [5.74, 6) is -0.750. The summed E-state index contributed by atoms with van der Waals surface area (Å²) in [6.07, 6.45) is 5.96. The molecule has 0 bridgehead atoms. The van der Waals surface area contributed by atoms with Gasteiger partial charge in [0, 0.05) is 51.1 Å². The summed E-state index contributed by atoms with van der Waals surface area (Å²) in [7, 11) is 5.48. The summed E-state index contributed by atoms with van der Waals surface area (Å²) >= 11 is 0. The number of amides is 3. The van der Waals surface area contributed by atoms with E-state index in [1.54, 1.807) is 25.1 Å². The van der Waals surface area contributed by atoms with Crippen molar-refractivity contribution in [3.63, 3.8) is 0 Å². The third-order valence-corrected chi connectivity index (χ3v) is 9.29. The highest BCUT2D eigenvalue weighted by Gasteiger charge is 2.35. The molecule has 0 saturated carbocycles. The zero-order chi connectivity index (χ0) is 34.1. The van der Waals surface area contributed by atoms with Gasteiger partial charge in [-0.3, -0.25) is 14.4 Å². The number of carbonyl (C=O) groups is 3. The number of hydrogen-bond acceptors (Lipinski definition) is 5. The fourth-order valence-corrected chi connectivity index (χ4v) is 6.67. The van der Waals surface area contributed by atoms with E-state index in [9.17, 15) is 14.4 Å². The highest BCUT2D eigenvalue weighted by molar-refractivity contribution is 5.95. The molecule has 4 rings (SSSR count). The van der Waals surface area contributed by atoms with Crippen molar-refractivity contribution in [1.82, 2.24) is 20.0 Å². The van der Waals surface area contributed by atoms with Gasteiger partial charge in [0.15, 0.2) is 0 Å². The summed E-state index contributed by atoms with van der Waals surface area (Å²) in [6, 6.07) is 22.8. The van der Waals surface area contributed by atoms with Crippen LogP contribution in [0.3, 0.4) is 0 Å². The molecule has 1 aliphatic heterocycles. The molecule has 3 amide bonds. The van der Waals surface area contributed by atoms with E-state index in [1.807, 2.05) is 81.4 Å². The van der Waals surface area contributed by atoms with Gasteiger partial charge < -0.3 is 25.8 Å². The second kappa shape index (κ2) is 16.2. The van der Waals surface area contributed by atoms with Crippen LogP contribution in [0.2, 0.25) is 0 Å². The van der Waals surface area contributed by atoms with Crippen molar-refractivity contribution in [2.45, 2.75) is 83.0 Å². The second-order valence-corrected chi connectivity index (χ2v) is 14.0. The highest BCUT2D eigenvalue weighted by Crippen LogP contribution is 2.21. The van der Waals surface area contributed by atoms with Crippen LogP contribution in [0.4, 0.5) is 0 Å². The highest BCUT2D eigenvalue weighted by atomic mass is 16.2. The van der Waals surface area contributed by atoms with Gasteiger partial charge in [-0.15, -0.1) is 0 Å². The van der Waals surface area contributed by atoms with E-state index in [0.29, 0.717) is 31.8 Å². The average molecular weight is 640 g/mol. The Morgan fingerprint density at radius 2 is 1.60 bits per heavy atom. The number of hydrogen-bond donors (Lipinski definition) is 2. The Hall–Kier alpha value is -4.01. The Morgan fingerprint density at radius 3 is 2.26 bits per heavy atom. The average Bonchev–Trinajstić information content (AvgIpc) is 3.44. The minimum Gasteiger partial charge on any atom is -0.354 e. The molecule has 1 fully saturated rings. The third-order valence-electron chi connectivity index (χ3n) is 9.29. The molecule has 1 heterocycles. The smallest absolute Gasteiger partial charge is 0.246 e. The van der Waals surface area contributed by atoms with Gasteiger partial charge >= 0.3 is 0 Å². The van der Waals surface area contributed by atoms with Crippen LogP contribution < -0.4 is 11.1 Å². The largest absolute Gasteiger partial charge is 0.354 e. The summed E-state index contributed by atoms with van der Waals surface area (Å²) in [5.41, 5.74) is 8.49. The number of likely N-dealkylation sites (tertiary alicyclic amines) is 1. The molecule has 252 valence electrons. The number of nitrogens with one attached hydrogen (secondary N) is 1. The molecule has 3 unspecified atom stereocenters. The topological polar surface area (TPSA) is 99.0 Å². The van der Waals surface area contributed by atoms with Crippen LogP contribution in [-0.2, 0) is 27.2 Å². The lowest BCUT2D eigenvalue weighted by Gasteiger charge is -2.34. The quantitative estimate of drug-likeness (QED) is 0.243. The lowest BCUT2D eigenvalue weighted by Crippen LogP contribution is -2.56. The van der Waals surface area contributed by atoms with Crippen molar-refractivity contribution in [3.05, 3.63) is 95.6 Å². The Kier molecular flexibility index (Phi) is 12.4. The van der Waals surface area contributed by atoms with Crippen LogP contribution >= 0.6 is 0 Å². The Morgan fingerprint density at radius 1 is 0.936 bits per heavy atom. The first-order valence-corrected chi connectivity index (χ1v) is 16.8. The van der Waals surface area contributed by atoms with Crippen LogP contribution in [0.25, 0.3) is 10.8 Å². The van der Waals surface area contributed by atoms with Gasteiger partial charge in [0.2, 0.25) is 17.7 Å². The lowest BCUT2D eigenvalue weighted by molar-refractivity contribution is -0.146. The molecule has 0 radical (unpaired) electrons. The standard InChI is InChI=1S/C39H53N5O3/c1-28(27-39(2,3)40)23-36(45)43(5)35(26-30-18-19-31-15-10-11-16-32(31)24-30)38(47)44(6)34(25-29-13-8-7-9-14-29)37(46)41-21-20-33-17-12-22-42(33)4/h7-11,13-16,18-19,23-24,33-35H,12,17,20-22,25-27,40H2,1-6H3,(H,41,46)/b28-23+. The molecular formula is C39H53N5O3. The van der Waals surface area contributed by atoms with Crippen molar-refractivity contribution in [1.29, 1.82) is 0 Å². The zero-order valence-electron chi connectivity index (χ0n) is 29.0. The van der Waals surface area contributed by atoms with Crippen LogP contribution in [0.1, 0.15) is 57.6 Å². The molecule has 0 spiro atoms. The van der Waals surface area contributed by atoms with Gasteiger partial charge in [-0.2, -0.15) is 0 Å². The molecular weight excluding hydrogens is 586 g/mol.